The number of methoxy groups -OCH3 is 1. The van der Waals surface area contributed by atoms with E-state index in [1.807, 2.05) is 30.3 Å². The van der Waals surface area contributed by atoms with Gasteiger partial charge in [0.2, 0.25) is 5.91 Å². The quantitative estimate of drug-likeness (QED) is 0.770. The minimum Gasteiger partial charge on any atom is -0.495 e. The van der Waals surface area contributed by atoms with Crippen LogP contribution in [0.3, 0.4) is 0 Å². The van der Waals surface area contributed by atoms with E-state index in [0.717, 1.165) is 5.56 Å². The molecular weight excluding hydrogens is 336 g/mol. The van der Waals surface area contributed by atoms with E-state index in [9.17, 15) is 4.79 Å². The van der Waals surface area contributed by atoms with Gasteiger partial charge < -0.3 is 10.1 Å². The molecular formula is C20H23ClN2O2. The molecule has 132 valence electrons. The zero-order valence-electron chi connectivity index (χ0n) is 14.5. The van der Waals surface area contributed by atoms with Crippen LogP contribution in [0.1, 0.15) is 31.4 Å². The monoisotopic (exact) mass is 358 g/mol. The van der Waals surface area contributed by atoms with Crippen LogP contribution < -0.4 is 15.4 Å². The molecule has 0 spiro atoms. The Labute approximate surface area is 153 Å². The molecule has 2 N–H and O–H groups in total. The number of carbonyl (C=O) groups excluding carboxylic acids is 1. The van der Waals surface area contributed by atoms with Crippen LogP contribution in [0.4, 0.5) is 5.69 Å². The van der Waals surface area contributed by atoms with E-state index in [1.165, 1.54) is 12.8 Å². The normalized spacial score (nSPS) is 16.1. The van der Waals surface area contributed by atoms with E-state index in [2.05, 4.69) is 17.6 Å². The van der Waals surface area contributed by atoms with E-state index < -0.39 is 6.04 Å². The maximum atomic E-state index is 12.9. The van der Waals surface area contributed by atoms with Crippen molar-refractivity contribution in [1.29, 1.82) is 0 Å². The fraction of sp³-hybridized carbons (Fsp3) is 0.350. The fourth-order valence-electron chi connectivity index (χ4n) is 2.92. The van der Waals surface area contributed by atoms with Crippen LogP contribution >= 0.6 is 11.6 Å². The molecule has 0 aromatic heterocycles. The first kappa shape index (κ1) is 17.8. The van der Waals surface area contributed by atoms with Crippen molar-refractivity contribution < 1.29 is 9.53 Å². The lowest BCUT2D eigenvalue weighted by Crippen LogP contribution is -2.39. The molecule has 1 saturated carbocycles. The molecule has 1 aliphatic rings. The topological polar surface area (TPSA) is 50.4 Å². The lowest BCUT2D eigenvalue weighted by atomic mass is 10.0. The Morgan fingerprint density at radius 1 is 1.20 bits per heavy atom. The third kappa shape index (κ3) is 4.53. The molecule has 0 unspecified atom stereocenters. The number of nitrogens with one attached hydrogen (secondary N) is 2. The largest absolute Gasteiger partial charge is 0.495 e. The Morgan fingerprint density at radius 3 is 2.52 bits per heavy atom. The van der Waals surface area contributed by atoms with Crippen LogP contribution in [0.15, 0.2) is 48.5 Å². The molecule has 0 radical (unpaired) electrons. The summed E-state index contributed by atoms with van der Waals surface area (Å²) in [7, 11) is 1.56. The predicted octanol–water partition coefficient (Wildman–Crippen LogP) is 4.42. The lowest BCUT2D eigenvalue weighted by Gasteiger charge is -2.23. The average Bonchev–Trinajstić information content (AvgIpc) is 3.45. The van der Waals surface area contributed by atoms with Gasteiger partial charge in [-0.2, -0.15) is 0 Å². The first-order chi connectivity index (χ1) is 12.1. The van der Waals surface area contributed by atoms with E-state index in [1.54, 1.807) is 25.3 Å². The number of hydrogen-bond donors (Lipinski definition) is 2. The van der Waals surface area contributed by atoms with Crippen molar-refractivity contribution in [3.05, 3.63) is 59.1 Å². The van der Waals surface area contributed by atoms with Crippen molar-refractivity contribution in [3.8, 4) is 5.75 Å². The number of halogens is 1. The van der Waals surface area contributed by atoms with Gasteiger partial charge in [-0.15, -0.1) is 0 Å². The Bertz CT molecular complexity index is 732. The Hall–Kier alpha value is -2.04. The third-order valence-corrected chi connectivity index (χ3v) is 4.87. The predicted molar refractivity (Wildman–Crippen MR) is 101 cm³/mol. The average molecular weight is 359 g/mol. The van der Waals surface area contributed by atoms with E-state index in [-0.39, 0.29) is 5.91 Å². The highest BCUT2D eigenvalue weighted by Crippen LogP contribution is 2.34. The smallest absolute Gasteiger partial charge is 0.246 e. The molecule has 1 aliphatic carbocycles. The summed E-state index contributed by atoms with van der Waals surface area (Å²) >= 11 is 6.15. The number of rotatable bonds is 7. The summed E-state index contributed by atoms with van der Waals surface area (Å²) in [5.41, 5.74) is 1.60. The number of hydrogen-bond acceptors (Lipinski definition) is 3. The standard InChI is InChI=1S/C20H23ClN2O2/c1-13(14-8-9-14)22-19(15-6-4-3-5-7-15)20(24)23-16-10-11-18(25-2)17(21)12-16/h3-7,10-14,19,22H,8-9H2,1-2H3,(H,23,24)/t13-,19-/m1/s1. The fourth-order valence-corrected chi connectivity index (χ4v) is 3.18. The van der Waals surface area contributed by atoms with Gasteiger partial charge in [-0.05, 0) is 49.4 Å². The van der Waals surface area contributed by atoms with Gasteiger partial charge in [-0.1, -0.05) is 41.9 Å². The molecule has 0 aliphatic heterocycles. The van der Waals surface area contributed by atoms with E-state index in [0.29, 0.717) is 28.4 Å². The molecule has 4 nitrogen and oxygen atoms in total. The first-order valence-electron chi connectivity index (χ1n) is 8.54. The molecule has 2 aromatic rings. The molecule has 5 heteroatoms. The van der Waals surface area contributed by atoms with Gasteiger partial charge in [0.25, 0.3) is 0 Å². The van der Waals surface area contributed by atoms with Gasteiger partial charge in [-0.3, -0.25) is 10.1 Å². The van der Waals surface area contributed by atoms with E-state index in [4.69, 9.17) is 16.3 Å². The van der Waals surface area contributed by atoms with Gasteiger partial charge in [0.15, 0.2) is 0 Å². The van der Waals surface area contributed by atoms with Gasteiger partial charge in [-0.25, -0.2) is 0 Å². The summed E-state index contributed by atoms with van der Waals surface area (Å²) in [5, 5.41) is 6.91. The number of amides is 1. The third-order valence-electron chi connectivity index (χ3n) is 4.57. The lowest BCUT2D eigenvalue weighted by molar-refractivity contribution is -0.118. The number of ether oxygens (including phenoxy) is 1. The van der Waals surface area contributed by atoms with Crippen molar-refractivity contribution in [2.45, 2.75) is 31.8 Å². The molecule has 0 bridgehead atoms. The summed E-state index contributed by atoms with van der Waals surface area (Å²) < 4.78 is 5.15. The van der Waals surface area contributed by atoms with Crippen LogP contribution in [-0.4, -0.2) is 19.1 Å². The first-order valence-corrected chi connectivity index (χ1v) is 8.91. The molecule has 3 rings (SSSR count). The van der Waals surface area contributed by atoms with Crippen molar-refractivity contribution in [1.82, 2.24) is 5.32 Å². The molecule has 25 heavy (non-hydrogen) atoms. The Kier molecular flexibility index (Phi) is 5.61. The number of carbonyl (C=O) groups is 1. The second-order valence-electron chi connectivity index (χ2n) is 6.48. The Balaban J connectivity index is 1.77. The van der Waals surface area contributed by atoms with Gasteiger partial charge in [0.1, 0.15) is 11.8 Å². The number of benzene rings is 2. The summed E-state index contributed by atoms with van der Waals surface area (Å²) in [4.78, 5) is 12.9. The highest BCUT2D eigenvalue weighted by atomic mass is 35.5. The maximum absolute atomic E-state index is 12.9. The summed E-state index contributed by atoms with van der Waals surface area (Å²) in [6.07, 6.45) is 2.46. The van der Waals surface area contributed by atoms with Crippen LogP contribution in [-0.2, 0) is 4.79 Å². The summed E-state index contributed by atoms with van der Waals surface area (Å²) in [5.74, 6) is 1.15. The highest BCUT2D eigenvalue weighted by molar-refractivity contribution is 6.32. The van der Waals surface area contributed by atoms with Crippen molar-refractivity contribution >= 4 is 23.2 Å². The number of anilines is 1. The van der Waals surface area contributed by atoms with E-state index >= 15 is 0 Å². The van der Waals surface area contributed by atoms with Crippen molar-refractivity contribution in [3.63, 3.8) is 0 Å². The summed E-state index contributed by atoms with van der Waals surface area (Å²) in [6, 6.07) is 14.9. The molecule has 1 amide bonds. The maximum Gasteiger partial charge on any atom is 0.246 e. The minimum absolute atomic E-state index is 0.0973. The van der Waals surface area contributed by atoms with Crippen molar-refractivity contribution in [2.24, 2.45) is 5.92 Å². The van der Waals surface area contributed by atoms with Gasteiger partial charge >= 0.3 is 0 Å². The van der Waals surface area contributed by atoms with Crippen LogP contribution in [0.25, 0.3) is 0 Å². The van der Waals surface area contributed by atoms with Crippen molar-refractivity contribution in [2.75, 3.05) is 12.4 Å². The molecule has 2 atom stereocenters. The van der Waals surface area contributed by atoms with Crippen LogP contribution in [0.5, 0.6) is 5.75 Å². The van der Waals surface area contributed by atoms with Crippen LogP contribution in [0.2, 0.25) is 5.02 Å². The second kappa shape index (κ2) is 7.89. The van der Waals surface area contributed by atoms with Gasteiger partial charge in [0.05, 0.1) is 12.1 Å². The minimum atomic E-state index is -0.405. The molecule has 0 saturated heterocycles. The molecule has 0 heterocycles. The molecule has 2 aromatic carbocycles. The van der Waals surface area contributed by atoms with Crippen LogP contribution in [0, 0.1) is 5.92 Å². The Morgan fingerprint density at radius 2 is 1.92 bits per heavy atom. The second-order valence-corrected chi connectivity index (χ2v) is 6.88. The highest BCUT2D eigenvalue weighted by Gasteiger charge is 2.31. The summed E-state index contributed by atoms with van der Waals surface area (Å²) in [6.45, 7) is 2.14. The SMILES string of the molecule is COc1ccc(NC(=O)[C@H](N[C@H](C)C2CC2)c2ccccc2)cc1Cl. The zero-order chi connectivity index (χ0) is 17.8. The molecule has 1 fully saturated rings. The van der Waals surface area contributed by atoms with Gasteiger partial charge in [0, 0.05) is 11.7 Å². The zero-order valence-corrected chi connectivity index (χ0v) is 15.2.